The molecule has 0 aliphatic carbocycles. The summed E-state index contributed by atoms with van der Waals surface area (Å²) in [6, 6.07) is 73.7. The van der Waals surface area contributed by atoms with Crippen molar-refractivity contribution in [2.24, 2.45) is 0 Å². The molecule has 0 saturated carbocycles. The number of fused-ring (bicyclic) bond motifs is 12. The molecule has 0 unspecified atom stereocenters. The van der Waals surface area contributed by atoms with Gasteiger partial charge in [-0.2, -0.15) is 0 Å². The van der Waals surface area contributed by atoms with Gasteiger partial charge in [0.05, 0.1) is 78.0 Å². The summed E-state index contributed by atoms with van der Waals surface area (Å²) in [5.74, 6) is 1.14. The largest absolute Gasteiger partial charge is 0.306 e. The predicted molar refractivity (Wildman–Crippen MR) is 286 cm³/mol. The highest BCUT2D eigenvalue weighted by atomic mass is 15.1. The van der Waals surface area contributed by atoms with Crippen LogP contribution < -0.4 is 0 Å². The first-order valence-electron chi connectivity index (χ1n) is 23.6. The molecule has 0 N–H and O–H groups in total. The molecule has 15 aromatic rings. The van der Waals surface area contributed by atoms with Crippen molar-refractivity contribution in [2.75, 3.05) is 0 Å². The molecule has 8 heteroatoms. The summed E-state index contributed by atoms with van der Waals surface area (Å²) < 4.78 is 9.81. The molecule has 6 aromatic heterocycles. The monoisotopic (exact) mass is 894 g/mol. The van der Waals surface area contributed by atoms with Gasteiger partial charge < -0.3 is 18.3 Å². The summed E-state index contributed by atoms with van der Waals surface area (Å²) in [7, 11) is 0. The summed E-state index contributed by atoms with van der Waals surface area (Å²) in [5, 5.41) is 9.06. The van der Waals surface area contributed by atoms with E-state index in [-0.39, 0.29) is 0 Å². The molecule has 326 valence electrons. The molecular weight excluding hydrogens is 857 g/mol. The lowest BCUT2D eigenvalue weighted by Gasteiger charge is -2.30. The molecule has 0 atom stereocenters. The predicted octanol–water partition coefficient (Wildman–Crippen LogP) is 15.0. The average Bonchev–Trinajstić information content (AvgIpc) is 4.16. The van der Waals surface area contributed by atoms with Gasteiger partial charge >= 0.3 is 0 Å². The number of hydrogen-bond acceptors (Lipinski definition) is 4. The molecular formula is C62H38N8. The third kappa shape index (κ3) is 5.29. The maximum absolute atomic E-state index is 5.32. The van der Waals surface area contributed by atoms with E-state index in [4.69, 9.17) is 19.9 Å². The number of benzene rings is 9. The average molecular weight is 895 g/mol. The maximum Gasteiger partial charge on any atom is 0.163 e. The van der Waals surface area contributed by atoms with Crippen molar-refractivity contribution in [3.8, 4) is 45.5 Å². The van der Waals surface area contributed by atoms with Gasteiger partial charge in [0, 0.05) is 67.9 Å². The van der Waals surface area contributed by atoms with Gasteiger partial charge in [-0.05, 0) is 60.7 Å². The SMILES string of the molecule is c1cnc(-c2c(-n3c4ccccc4c4ccccc43)c(-n3c4ccccc4c4ccccc43)c(-c3ncccn3)c(-n3c4ccccc4c4ccccc43)c2-n2c3ccccc3c3ccccc32)nc1. The molecule has 0 bridgehead atoms. The zero-order chi connectivity index (χ0) is 45.9. The molecule has 6 heterocycles. The van der Waals surface area contributed by atoms with Crippen LogP contribution in [0.25, 0.3) is 133 Å². The molecule has 0 aliphatic heterocycles. The quantitative estimate of drug-likeness (QED) is 0.167. The first-order valence-corrected chi connectivity index (χ1v) is 23.6. The second kappa shape index (κ2) is 14.9. The second-order valence-corrected chi connectivity index (χ2v) is 17.8. The second-order valence-electron chi connectivity index (χ2n) is 17.8. The zero-order valence-corrected chi connectivity index (χ0v) is 37.5. The number of hydrogen-bond donors (Lipinski definition) is 0. The highest BCUT2D eigenvalue weighted by Crippen LogP contribution is 2.53. The smallest absolute Gasteiger partial charge is 0.163 e. The van der Waals surface area contributed by atoms with Crippen LogP contribution in [0.3, 0.4) is 0 Å². The number of rotatable bonds is 6. The van der Waals surface area contributed by atoms with Gasteiger partial charge in [0.15, 0.2) is 11.6 Å². The van der Waals surface area contributed by atoms with Crippen molar-refractivity contribution in [2.45, 2.75) is 0 Å². The summed E-state index contributed by atoms with van der Waals surface area (Å²) >= 11 is 0. The molecule has 0 amide bonds. The van der Waals surface area contributed by atoms with E-state index in [0.29, 0.717) is 11.6 Å². The Morgan fingerprint density at radius 2 is 0.371 bits per heavy atom. The molecule has 0 saturated heterocycles. The van der Waals surface area contributed by atoms with Gasteiger partial charge in [0.25, 0.3) is 0 Å². The van der Waals surface area contributed by atoms with Crippen LogP contribution in [0.4, 0.5) is 0 Å². The Morgan fingerprint density at radius 3 is 0.557 bits per heavy atom. The number of aromatic nitrogens is 8. The fraction of sp³-hybridized carbons (Fsp3) is 0. The van der Waals surface area contributed by atoms with Crippen LogP contribution in [0.1, 0.15) is 0 Å². The van der Waals surface area contributed by atoms with Crippen molar-refractivity contribution in [1.29, 1.82) is 0 Å². The summed E-state index contributed by atoms with van der Waals surface area (Å²) in [5.41, 5.74) is 13.6. The fourth-order valence-electron chi connectivity index (χ4n) is 11.5. The molecule has 0 spiro atoms. The normalized spacial score (nSPS) is 12.0. The summed E-state index contributed by atoms with van der Waals surface area (Å²) in [4.78, 5) is 21.3. The lowest BCUT2D eigenvalue weighted by Crippen LogP contribution is -2.17. The Kier molecular flexibility index (Phi) is 8.20. The van der Waals surface area contributed by atoms with Crippen LogP contribution in [0, 0.1) is 0 Å². The number of nitrogens with zero attached hydrogens (tertiary/aromatic N) is 8. The maximum atomic E-state index is 5.32. The van der Waals surface area contributed by atoms with Crippen molar-refractivity contribution in [3.05, 3.63) is 231 Å². The van der Waals surface area contributed by atoms with E-state index >= 15 is 0 Å². The van der Waals surface area contributed by atoms with E-state index in [1.807, 2.05) is 36.9 Å². The summed E-state index contributed by atoms with van der Waals surface area (Å²) in [6.07, 6.45) is 7.45. The first kappa shape index (κ1) is 38.4. The van der Waals surface area contributed by atoms with Crippen LogP contribution in [-0.2, 0) is 0 Å². The Labute approximate surface area is 400 Å². The minimum absolute atomic E-state index is 0.570. The minimum Gasteiger partial charge on any atom is -0.306 e. The topological polar surface area (TPSA) is 71.3 Å². The van der Waals surface area contributed by atoms with Gasteiger partial charge in [-0.1, -0.05) is 146 Å². The lowest BCUT2D eigenvalue weighted by atomic mass is 9.96. The van der Waals surface area contributed by atoms with Crippen LogP contribution in [0.5, 0.6) is 0 Å². The van der Waals surface area contributed by atoms with E-state index in [9.17, 15) is 0 Å². The molecule has 0 fully saturated rings. The van der Waals surface area contributed by atoms with E-state index in [1.165, 1.54) is 0 Å². The van der Waals surface area contributed by atoms with Gasteiger partial charge in [-0.3, -0.25) is 0 Å². The van der Waals surface area contributed by atoms with E-state index in [1.54, 1.807) is 0 Å². The van der Waals surface area contributed by atoms with Gasteiger partial charge in [-0.15, -0.1) is 0 Å². The lowest BCUT2D eigenvalue weighted by molar-refractivity contribution is 1.02. The highest BCUT2D eigenvalue weighted by molar-refractivity contribution is 6.18. The van der Waals surface area contributed by atoms with Gasteiger partial charge in [-0.25, -0.2) is 19.9 Å². The zero-order valence-electron chi connectivity index (χ0n) is 37.5. The van der Waals surface area contributed by atoms with Gasteiger partial charge in [0.2, 0.25) is 0 Å². The summed E-state index contributed by atoms with van der Waals surface area (Å²) in [6.45, 7) is 0. The standard InChI is InChI=1S/C62H38N8/c1-9-27-47-39(19-1)40-20-2-10-28-48(40)67(47)57-55(61-63-35-17-36-64-61)59(69-51-31-13-5-23-43(51)44-24-6-14-32-52(44)69)60(70-53-33-15-7-25-45(53)46-26-8-16-34-54(46)70)56(62-65-37-18-38-66-62)58(57)68-49-29-11-3-21-41(49)42-22-4-12-30-50(42)68/h1-38H. The fourth-order valence-corrected chi connectivity index (χ4v) is 11.5. The molecule has 0 radical (unpaired) electrons. The Balaban J connectivity index is 1.35. The minimum atomic E-state index is 0.570. The van der Waals surface area contributed by atoms with Crippen LogP contribution in [0.2, 0.25) is 0 Å². The van der Waals surface area contributed by atoms with Crippen LogP contribution in [-0.4, -0.2) is 38.2 Å². The van der Waals surface area contributed by atoms with Crippen molar-refractivity contribution in [1.82, 2.24) is 38.2 Å². The highest BCUT2D eigenvalue weighted by Gasteiger charge is 2.36. The molecule has 9 aromatic carbocycles. The molecule has 15 rings (SSSR count). The van der Waals surface area contributed by atoms with E-state index < -0.39 is 0 Å². The molecule has 0 aliphatic rings. The van der Waals surface area contributed by atoms with E-state index in [0.717, 1.165) is 121 Å². The van der Waals surface area contributed by atoms with Crippen LogP contribution >= 0.6 is 0 Å². The first-order chi connectivity index (χ1) is 34.8. The van der Waals surface area contributed by atoms with E-state index in [2.05, 4.69) is 212 Å². The van der Waals surface area contributed by atoms with Crippen LogP contribution in [0.15, 0.2) is 231 Å². The van der Waals surface area contributed by atoms with Crippen molar-refractivity contribution < 1.29 is 0 Å². The Bertz CT molecular complexity index is 3840. The van der Waals surface area contributed by atoms with Crippen molar-refractivity contribution >= 4 is 87.2 Å². The molecule has 70 heavy (non-hydrogen) atoms. The van der Waals surface area contributed by atoms with Gasteiger partial charge in [0.1, 0.15) is 0 Å². The number of para-hydroxylation sites is 8. The third-order valence-corrected chi connectivity index (χ3v) is 14.2. The van der Waals surface area contributed by atoms with Crippen molar-refractivity contribution in [3.63, 3.8) is 0 Å². The Hall–Kier alpha value is -9.66. The third-order valence-electron chi connectivity index (χ3n) is 14.2. The molecule has 8 nitrogen and oxygen atoms in total. The Morgan fingerprint density at radius 1 is 0.200 bits per heavy atom.